The molecule has 0 spiro atoms. The molecule has 0 aliphatic carbocycles. The van der Waals surface area contributed by atoms with E-state index in [1.54, 1.807) is 43.3 Å². The molecule has 0 aliphatic heterocycles. The topological polar surface area (TPSA) is 79.8 Å². The zero-order valence-corrected chi connectivity index (χ0v) is 16.0. The molecule has 0 aliphatic rings. The number of para-hydroxylation sites is 1. The number of carbonyl (C=O) groups excluding carboxylic acids is 2. The highest BCUT2D eigenvalue weighted by molar-refractivity contribution is 6.05. The summed E-state index contributed by atoms with van der Waals surface area (Å²) < 4.78 is 5.37. The molecule has 0 radical (unpaired) electrons. The maximum atomic E-state index is 12.2. The second-order valence-electron chi connectivity index (χ2n) is 6.23. The average molecular weight is 387 g/mol. The van der Waals surface area contributed by atoms with Gasteiger partial charge in [-0.05, 0) is 48.9 Å². The fourth-order valence-corrected chi connectivity index (χ4v) is 2.50. The van der Waals surface area contributed by atoms with Gasteiger partial charge in [0.25, 0.3) is 11.8 Å². The van der Waals surface area contributed by atoms with Crippen LogP contribution >= 0.6 is 0 Å². The quantitative estimate of drug-likeness (QED) is 0.477. The van der Waals surface area contributed by atoms with E-state index in [-0.39, 0.29) is 18.4 Å². The Morgan fingerprint density at radius 3 is 2.10 bits per heavy atom. The van der Waals surface area contributed by atoms with Crippen molar-refractivity contribution in [2.45, 2.75) is 6.92 Å². The summed E-state index contributed by atoms with van der Waals surface area (Å²) in [4.78, 5) is 24.1. The van der Waals surface area contributed by atoms with Gasteiger partial charge in [0.15, 0.2) is 6.61 Å². The lowest BCUT2D eigenvalue weighted by atomic mass is 10.1. The van der Waals surface area contributed by atoms with Crippen molar-refractivity contribution in [3.05, 3.63) is 96.1 Å². The predicted molar refractivity (Wildman–Crippen MR) is 113 cm³/mol. The van der Waals surface area contributed by atoms with Crippen LogP contribution in [0.25, 0.3) is 0 Å². The monoisotopic (exact) mass is 387 g/mol. The van der Waals surface area contributed by atoms with Crippen molar-refractivity contribution in [2.24, 2.45) is 5.10 Å². The summed E-state index contributed by atoms with van der Waals surface area (Å²) in [6, 6.07) is 25.3. The summed E-state index contributed by atoms with van der Waals surface area (Å²) in [6.45, 7) is 1.67. The smallest absolute Gasteiger partial charge is 0.277 e. The van der Waals surface area contributed by atoms with Gasteiger partial charge in [0.05, 0.1) is 5.71 Å². The first kappa shape index (κ1) is 19.8. The Bertz CT molecular complexity index is 985. The number of nitrogens with one attached hydrogen (secondary N) is 2. The Balaban J connectivity index is 1.52. The lowest BCUT2D eigenvalue weighted by molar-refractivity contribution is -0.123. The summed E-state index contributed by atoms with van der Waals surface area (Å²) in [5, 5.41) is 6.94. The fraction of sp³-hybridized carbons (Fsp3) is 0.0870. The van der Waals surface area contributed by atoms with Gasteiger partial charge >= 0.3 is 0 Å². The number of hydrogen-bond acceptors (Lipinski definition) is 4. The molecule has 2 amide bonds. The van der Waals surface area contributed by atoms with Crippen molar-refractivity contribution >= 4 is 23.2 Å². The van der Waals surface area contributed by atoms with Crippen molar-refractivity contribution in [3.8, 4) is 5.75 Å². The van der Waals surface area contributed by atoms with E-state index in [1.807, 2.05) is 48.5 Å². The van der Waals surface area contributed by atoms with E-state index in [1.165, 1.54) is 0 Å². The van der Waals surface area contributed by atoms with Crippen molar-refractivity contribution in [1.82, 2.24) is 5.43 Å². The molecule has 29 heavy (non-hydrogen) atoms. The second-order valence-corrected chi connectivity index (χ2v) is 6.23. The summed E-state index contributed by atoms with van der Waals surface area (Å²) in [7, 11) is 0. The highest BCUT2D eigenvalue weighted by Gasteiger charge is 2.06. The summed E-state index contributed by atoms with van der Waals surface area (Å²) in [5.41, 5.74) is 5.21. The third-order valence-electron chi connectivity index (χ3n) is 4.06. The minimum Gasteiger partial charge on any atom is -0.484 e. The van der Waals surface area contributed by atoms with Crippen molar-refractivity contribution < 1.29 is 14.3 Å². The predicted octanol–water partition coefficient (Wildman–Crippen LogP) is 3.86. The molecule has 0 unspecified atom stereocenters. The third-order valence-corrected chi connectivity index (χ3v) is 4.06. The molecule has 6 nitrogen and oxygen atoms in total. The number of carbonyl (C=O) groups is 2. The number of rotatable bonds is 7. The molecule has 2 N–H and O–H groups in total. The van der Waals surface area contributed by atoms with E-state index in [0.717, 1.165) is 5.56 Å². The highest BCUT2D eigenvalue weighted by Crippen LogP contribution is 2.12. The first-order valence-corrected chi connectivity index (χ1v) is 9.09. The van der Waals surface area contributed by atoms with E-state index in [4.69, 9.17) is 4.74 Å². The lowest BCUT2D eigenvalue weighted by Gasteiger charge is -2.07. The molecule has 0 bridgehead atoms. The first-order valence-electron chi connectivity index (χ1n) is 9.09. The van der Waals surface area contributed by atoms with Gasteiger partial charge in [-0.25, -0.2) is 5.43 Å². The van der Waals surface area contributed by atoms with Crippen molar-refractivity contribution in [2.75, 3.05) is 11.9 Å². The van der Waals surface area contributed by atoms with Gasteiger partial charge in [0.1, 0.15) is 5.75 Å². The van der Waals surface area contributed by atoms with Gasteiger partial charge in [-0.3, -0.25) is 9.59 Å². The third kappa shape index (κ3) is 6.04. The van der Waals surface area contributed by atoms with Gasteiger partial charge in [-0.2, -0.15) is 5.10 Å². The van der Waals surface area contributed by atoms with Crippen LogP contribution in [0.15, 0.2) is 90.0 Å². The maximum absolute atomic E-state index is 12.2. The van der Waals surface area contributed by atoms with Gasteiger partial charge in [-0.15, -0.1) is 0 Å². The van der Waals surface area contributed by atoms with Gasteiger partial charge < -0.3 is 10.1 Å². The van der Waals surface area contributed by atoms with Crippen LogP contribution in [0.2, 0.25) is 0 Å². The van der Waals surface area contributed by atoms with Crippen LogP contribution in [0.4, 0.5) is 5.69 Å². The largest absolute Gasteiger partial charge is 0.484 e. The van der Waals surface area contributed by atoms with Gasteiger partial charge in [0.2, 0.25) is 0 Å². The molecule has 0 saturated carbocycles. The van der Waals surface area contributed by atoms with E-state index < -0.39 is 0 Å². The normalized spacial score (nSPS) is 10.9. The fourth-order valence-electron chi connectivity index (χ4n) is 2.50. The Morgan fingerprint density at radius 1 is 0.828 bits per heavy atom. The standard InChI is InChI=1S/C23H21N3O3/c1-17(25-26-22(27)16-29-21-10-6-3-7-11-21)18-12-14-20(15-13-18)24-23(28)19-8-4-2-5-9-19/h2-15H,16H2,1H3,(H,24,28)(H,26,27). The summed E-state index contributed by atoms with van der Waals surface area (Å²) in [5.74, 6) is 0.103. The molecule has 0 atom stereocenters. The Kier molecular flexibility index (Phi) is 6.73. The average Bonchev–Trinajstić information content (AvgIpc) is 2.78. The minimum atomic E-state index is -0.347. The SMILES string of the molecule is CC(=NNC(=O)COc1ccccc1)c1ccc(NC(=O)c2ccccc2)cc1. The number of amides is 2. The summed E-state index contributed by atoms with van der Waals surface area (Å²) in [6.07, 6.45) is 0. The molecule has 0 aromatic heterocycles. The number of benzene rings is 3. The molecule has 3 aromatic carbocycles. The first-order chi connectivity index (χ1) is 14.1. The Labute approximate surface area is 169 Å². The number of anilines is 1. The zero-order chi connectivity index (χ0) is 20.5. The number of hydrogen-bond donors (Lipinski definition) is 2. The molecule has 3 rings (SSSR count). The zero-order valence-electron chi connectivity index (χ0n) is 16.0. The molecule has 0 heterocycles. The molecule has 3 aromatic rings. The molecule has 0 saturated heterocycles. The Morgan fingerprint density at radius 2 is 1.45 bits per heavy atom. The van der Waals surface area contributed by atoms with Crippen LogP contribution in [0, 0.1) is 0 Å². The van der Waals surface area contributed by atoms with Crippen molar-refractivity contribution in [3.63, 3.8) is 0 Å². The van der Waals surface area contributed by atoms with E-state index in [9.17, 15) is 9.59 Å². The lowest BCUT2D eigenvalue weighted by Crippen LogP contribution is -2.25. The number of nitrogens with zero attached hydrogens (tertiary/aromatic N) is 1. The van der Waals surface area contributed by atoms with Crippen LogP contribution in [-0.4, -0.2) is 24.1 Å². The molecule has 146 valence electrons. The molecular formula is C23H21N3O3. The number of ether oxygens (including phenoxy) is 1. The van der Waals surface area contributed by atoms with Gasteiger partial charge in [-0.1, -0.05) is 48.5 Å². The number of hydrazone groups is 1. The molecule has 0 fully saturated rings. The molecule has 6 heteroatoms. The Hall–Kier alpha value is -3.93. The van der Waals surface area contributed by atoms with E-state index >= 15 is 0 Å². The minimum absolute atomic E-state index is 0.120. The van der Waals surface area contributed by atoms with Crippen LogP contribution in [0.3, 0.4) is 0 Å². The van der Waals surface area contributed by atoms with Crippen LogP contribution < -0.4 is 15.5 Å². The molecular weight excluding hydrogens is 366 g/mol. The second kappa shape index (κ2) is 9.85. The van der Waals surface area contributed by atoms with Crippen molar-refractivity contribution in [1.29, 1.82) is 0 Å². The van der Waals surface area contributed by atoms with Crippen LogP contribution in [-0.2, 0) is 4.79 Å². The summed E-state index contributed by atoms with van der Waals surface area (Å²) >= 11 is 0. The van der Waals surface area contributed by atoms with E-state index in [2.05, 4.69) is 15.8 Å². The van der Waals surface area contributed by atoms with Gasteiger partial charge in [0, 0.05) is 11.3 Å². The van der Waals surface area contributed by atoms with Crippen LogP contribution in [0.5, 0.6) is 5.75 Å². The maximum Gasteiger partial charge on any atom is 0.277 e. The van der Waals surface area contributed by atoms with E-state index in [0.29, 0.717) is 22.7 Å². The highest BCUT2D eigenvalue weighted by atomic mass is 16.5. The van der Waals surface area contributed by atoms with Crippen LogP contribution in [0.1, 0.15) is 22.8 Å².